The smallest absolute Gasteiger partial charge is 0.242 e. The van der Waals surface area contributed by atoms with Gasteiger partial charge in [-0.05, 0) is 24.0 Å². The topological polar surface area (TPSA) is 84.2 Å². The molecule has 5 nitrogen and oxygen atoms in total. The number of rotatable bonds is 6. The number of benzene rings is 1. The summed E-state index contributed by atoms with van der Waals surface area (Å²) in [6.07, 6.45) is 0.895. The zero-order chi connectivity index (χ0) is 13.8. The Kier molecular flexibility index (Phi) is 4.72. The van der Waals surface area contributed by atoms with Crippen molar-refractivity contribution in [3.63, 3.8) is 0 Å². The van der Waals surface area contributed by atoms with Gasteiger partial charge in [-0.1, -0.05) is 32.9 Å². The number of nitrogen functional groups attached to an aromatic ring is 1. The van der Waals surface area contributed by atoms with E-state index in [-0.39, 0.29) is 10.3 Å². The first-order valence-electron chi connectivity index (χ1n) is 5.88. The molecule has 0 atom stereocenters. The Morgan fingerprint density at radius 1 is 1.28 bits per heavy atom. The van der Waals surface area contributed by atoms with Gasteiger partial charge in [-0.2, -0.15) is 0 Å². The molecular weight excluding hydrogens is 250 g/mol. The van der Waals surface area contributed by atoms with Crippen LogP contribution in [-0.4, -0.2) is 15.0 Å². The normalized spacial score (nSPS) is 12.4. The molecule has 0 spiro atoms. The second kappa shape index (κ2) is 5.69. The minimum Gasteiger partial charge on any atom is -0.323 e. The van der Waals surface area contributed by atoms with Gasteiger partial charge < -0.3 is 5.43 Å². The van der Waals surface area contributed by atoms with Crippen molar-refractivity contribution in [3.8, 4) is 0 Å². The molecule has 1 aromatic carbocycles. The standard InChI is InChI=1S/C12H21N3O2S/c1-4-12(2,3)9-14-18(16,17)11-8-6-5-7-10(11)15-13/h5-8,14-15H,4,9,13H2,1-3H3. The Morgan fingerprint density at radius 3 is 2.44 bits per heavy atom. The summed E-state index contributed by atoms with van der Waals surface area (Å²) in [5, 5.41) is 0. The van der Waals surface area contributed by atoms with Gasteiger partial charge in [0.05, 0.1) is 5.69 Å². The van der Waals surface area contributed by atoms with Crippen LogP contribution in [0.15, 0.2) is 29.2 Å². The van der Waals surface area contributed by atoms with Crippen LogP contribution in [0.5, 0.6) is 0 Å². The van der Waals surface area contributed by atoms with Gasteiger partial charge in [-0.3, -0.25) is 5.84 Å². The number of anilines is 1. The average Bonchev–Trinajstić information content (AvgIpc) is 2.37. The van der Waals surface area contributed by atoms with E-state index < -0.39 is 10.0 Å². The lowest BCUT2D eigenvalue weighted by atomic mass is 9.91. The average molecular weight is 271 g/mol. The van der Waals surface area contributed by atoms with Crippen molar-refractivity contribution in [1.29, 1.82) is 0 Å². The summed E-state index contributed by atoms with van der Waals surface area (Å²) in [6.45, 7) is 6.46. The number of hydrogen-bond acceptors (Lipinski definition) is 4. The summed E-state index contributed by atoms with van der Waals surface area (Å²) in [5.74, 6) is 5.31. The summed E-state index contributed by atoms with van der Waals surface area (Å²) >= 11 is 0. The molecule has 18 heavy (non-hydrogen) atoms. The number of hydrazine groups is 1. The molecule has 0 heterocycles. The predicted octanol–water partition coefficient (Wildman–Crippen LogP) is 1.69. The number of sulfonamides is 1. The van der Waals surface area contributed by atoms with E-state index in [0.29, 0.717) is 12.2 Å². The fourth-order valence-corrected chi connectivity index (χ4v) is 2.72. The Morgan fingerprint density at radius 2 is 1.89 bits per heavy atom. The molecule has 0 aliphatic heterocycles. The van der Waals surface area contributed by atoms with Crippen LogP contribution in [0.2, 0.25) is 0 Å². The fraction of sp³-hybridized carbons (Fsp3) is 0.500. The van der Waals surface area contributed by atoms with Gasteiger partial charge in [0.1, 0.15) is 4.90 Å². The molecule has 0 radical (unpaired) electrons. The van der Waals surface area contributed by atoms with E-state index in [0.717, 1.165) is 6.42 Å². The van der Waals surface area contributed by atoms with Gasteiger partial charge in [0, 0.05) is 6.54 Å². The molecule has 1 aromatic rings. The lowest BCUT2D eigenvalue weighted by Gasteiger charge is -2.23. The van der Waals surface area contributed by atoms with Gasteiger partial charge in [-0.25, -0.2) is 13.1 Å². The summed E-state index contributed by atoms with van der Waals surface area (Å²) in [7, 11) is -3.54. The Bertz CT molecular complexity index is 498. The first kappa shape index (κ1) is 14.9. The number of para-hydroxylation sites is 1. The highest BCUT2D eigenvalue weighted by Gasteiger charge is 2.22. The maximum absolute atomic E-state index is 12.2. The van der Waals surface area contributed by atoms with E-state index in [4.69, 9.17) is 5.84 Å². The minimum atomic E-state index is -3.54. The van der Waals surface area contributed by atoms with Crippen LogP contribution in [0.4, 0.5) is 5.69 Å². The third kappa shape index (κ3) is 3.69. The van der Waals surface area contributed by atoms with Crippen LogP contribution in [0.1, 0.15) is 27.2 Å². The van der Waals surface area contributed by atoms with Gasteiger partial charge in [0.2, 0.25) is 10.0 Å². The van der Waals surface area contributed by atoms with Crippen LogP contribution in [0.25, 0.3) is 0 Å². The Hall–Kier alpha value is -1.11. The molecule has 0 saturated heterocycles. The highest BCUT2D eigenvalue weighted by atomic mass is 32.2. The molecule has 102 valence electrons. The molecule has 0 bridgehead atoms. The molecule has 0 saturated carbocycles. The second-order valence-electron chi connectivity index (χ2n) is 4.98. The highest BCUT2D eigenvalue weighted by Crippen LogP contribution is 2.22. The van der Waals surface area contributed by atoms with Crippen molar-refractivity contribution in [1.82, 2.24) is 4.72 Å². The third-order valence-electron chi connectivity index (χ3n) is 3.03. The number of nitrogens with one attached hydrogen (secondary N) is 2. The van der Waals surface area contributed by atoms with Crippen LogP contribution in [0, 0.1) is 5.41 Å². The number of hydrogen-bond donors (Lipinski definition) is 3. The monoisotopic (exact) mass is 271 g/mol. The van der Waals surface area contributed by atoms with E-state index in [9.17, 15) is 8.42 Å². The van der Waals surface area contributed by atoms with Crippen molar-refractivity contribution < 1.29 is 8.42 Å². The fourth-order valence-electron chi connectivity index (χ4n) is 1.31. The van der Waals surface area contributed by atoms with Crippen molar-refractivity contribution in [3.05, 3.63) is 24.3 Å². The van der Waals surface area contributed by atoms with Crippen LogP contribution >= 0.6 is 0 Å². The summed E-state index contributed by atoms with van der Waals surface area (Å²) in [5.41, 5.74) is 2.71. The van der Waals surface area contributed by atoms with Gasteiger partial charge in [0.25, 0.3) is 0 Å². The Labute approximate surface area is 109 Å². The molecule has 0 aliphatic carbocycles. The molecule has 0 fully saturated rings. The first-order valence-corrected chi connectivity index (χ1v) is 7.36. The van der Waals surface area contributed by atoms with E-state index >= 15 is 0 Å². The lowest BCUT2D eigenvalue weighted by molar-refractivity contribution is 0.350. The lowest BCUT2D eigenvalue weighted by Crippen LogP contribution is -2.34. The molecule has 6 heteroatoms. The summed E-state index contributed by atoms with van der Waals surface area (Å²) < 4.78 is 27.0. The van der Waals surface area contributed by atoms with E-state index in [1.807, 2.05) is 20.8 Å². The molecule has 0 aromatic heterocycles. The van der Waals surface area contributed by atoms with Gasteiger partial charge in [0.15, 0.2) is 0 Å². The zero-order valence-corrected chi connectivity index (χ0v) is 11.8. The van der Waals surface area contributed by atoms with Crippen molar-refractivity contribution in [2.24, 2.45) is 11.3 Å². The molecule has 0 amide bonds. The van der Waals surface area contributed by atoms with E-state index in [1.54, 1.807) is 18.2 Å². The van der Waals surface area contributed by atoms with Crippen LogP contribution in [0.3, 0.4) is 0 Å². The predicted molar refractivity (Wildman–Crippen MR) is 73.5 cm³/mol. The first-order chi connectivity index (χ1) is 8.32. The summed E-state index contributed by atoms with van der Waals surface area (Å²) in [6, 6.07) is 6.54. The molecule has 0 unspecified atom stereocenters. The number of nitrogens with two attached hydrogens (primary N) is 1. The maximum Gasteiger partial charge on any atom is 0.242 e. The summed E-state index contributed by atoms with van der Waals surface area (Å²) in [4.78, 5) is 0.166. The van der Waals surface area contributed by atoms with E-state index in [2.05, 4.69) is 10.1 Å². The molecular formula is C12H21N3O2S. The molecule has 1 rings (SSSR count). The maximum atomic E-state index is 12.2. The quantitative estimate of drug-likeness (QED) is 0.543. The molecule has 0 aliphatic rings. The Balaban J connectivity index is 2.94. The second-order valence-corrected chi connectivity index (χ2v) is 6.72. The SMILES string of the molecule is CCC(C)(C)CNS(=O)(=O)c1ccccc1NN. The van der Waals surface area contributed by atoms with Crippen LogP contribution in [-0.2, 0) is 10.0 Å². The largest absolute Gasteiger partial charge is 0.323 e. The third-order valence-corrected chi connectivity index (χ3v) is 4.49. The van der Waals surface area contributed by atoms with Crippen molar-refractivity contribution >= 4 is 15.7 Å². The highest BCUT2D eigenvalue weighted by molar-refractivity contribution is 7.89. The van der Waals surface area contributed by atoms with Gasteiger partial charge in [-0.15, -0.1) is 0 Å². The molecule has 4 N–H and O–H groups in total. The van der Waals surface area contributed by atoms with Gasteiger partial charge >= 0.3 is 0 Å². The minimum absolute atomic E-state index is 0.0713. The van der Waals surface area contributed by atoms with Crippen molar-refractivity contribution in [2.75, 3.05) is 12.0 Å². The van der Waals surface area contributed by atoms with Crippen molar-refractivity contribution in [2.45, 2.75) is 32.1 Å². The zero-order valence-electron chi connectivity index (χ0n) is 11.0. The van der Waals surface area contributed by atoms with Crippen LogP contribution < -0.4 is 16.0 Å². The van der Waals surface area contributed by atoms with E-state index in [1.165, 1.54) is 6.07 Å².